The van der Waals surface area contributed by atoms with Gasteiger partial charge in [-0.25, -0.2) is 17.9 Å². The van der Waals surface area contributed by atoms with Crippen molar-refractivity contribution in [1.29, 1.82) is 0 Å². The molecule has 0 spiro atoms. The molecule has 0 aliphatic heterocycles. The Bertz CT molecular complexity index is 1110. The molecule has 0 saturated heterocycles. The van der Waals surface area contributed by atoms with Crippen molar-refractivity contribution >= 4 is 33.5 Å². The van der Waals surface area contributed by atoms with E-state index in [1.165, 1.54) is 11.0 Å². The Hall–Kier alpha value is -3.38. The van der Waals surface area contributed by atoms with E-state index in [4.69, 9.17) is 0 Å². The van der Waals surface area contributed by atoms with Gasteiger partial charge >= 0.3 is 6.03 Å². The van der Waals surface area contributed by atoms with Crippen molar-refractivity contribution in [2.24, 2.45) is 0 Å². The number of hydrogen-bond donors (Lipinski definition) is 1. The number of para-hydroxylation sites is 2. The molecule has 0 aliphatic rings. The Morgan fingerprint density at radius 1 is 0.806 bits per heavy atom. The third kappa shape index (κ3) is 6.06. The number of hydrogen-bond acceptors (Lipinski definition) is 3. The Morgan fingerprint density at radius 3 is 1.74 bits per heavy atom. The van der Waals surface area contributed by atoms with E-state index in [2.05, 4.69) is 25.5 Å². The number of anilines is 2. The first kappa shape index (κ1) is 22.3. The zero-order valence-electron chi connectivity index (χ0n) is 17.8. The molecule has 0 unspecified atom stereocenters. The van der Waals surface area contributed by atoms with Gasteiger partial charge in [-0.15, -0.1) is 0 Å². The van der Waals surface area contributed by atoms with E-state index in [-0.39, 0.29) is 5.41 Å². The summed E-state index contributed by atoms with van der Waals surface area (Å²) in [5, 5.41) is 1.01. The maximum Gasteiger partial charge on any atom is 0.340 e. The Morgan fingerprint density at radius 2 is 1.29 bits per heavy atom. The monoisotopic (exact) mass is 434 g/mol. The predicted molar refractivity (Wildman–Crippen MR) is 127 cm³/mol. The number of nitrogens with one attached hydrogen (secondary N) is 1. The van der Waals surface area contributed by atoms with Crippen LogP contribution in [0, 0.1) is 0 Å². The molecule has 0 aromatic heterocycles. The number of sulfonamides is 1. The lowest BCUT2D eigenvalue weighted by molar-refractivity contribution is 0.253. The Kier molecular flexibility index (Phi) is 6.61. The summed E-state index contributed by atoms with van der Waals surface area (Å²) in [6.07, 6.45) is 1.47. The summed E-state index contributed by atoms with van der Waals surface area (Å²) >= 11 is 0. The predicted octanol–water partition coefficient (Wildman–Crippen LogP) is 5.83. The summed E-state index contributed by atoms with van der Waals surface area (Å²) in [7, 11) is -4.00. The van der Waals surface area contributed by atoms with Gasteiger partial charge in [0.1, 0.15) is 0 Å². The first-order chi connectivity index (χ1) is 14.7. The van der Waals surface area contributed by atoms with Crippen LogP contribution in [0.25, 0.3) is 6.08 Å². The maximum absolute atomic E-state index is 12.9. The SMILES string of the molecule is CC(C)(C)c1ccc(C=CS(=O)(=O)NC(=O)N(c2ccccc2)c2ccccc2)cc1. The molecular weight excluding hydrogens is 408 g/mol. The molecule has 3 aromatic carbocycles. The number of rotatable bonds is 5. The summed E-state index contributed by atoms with van der Waals surface area (Å²) in [5.74, 6) is 0. The van der Waals surface area contributed by atoms with Gasteiger partial charge < -0.3 is 0 Å². The van der Waals surface area contributed by atoms with Gasteiger partial charge in [-0.2, -0.15) is 0 Å². The van der Waals surface area contributed by atoms with E-state index < -0.39 is 16.1 Å². The molecule has 6 heteroatoms. The largest absolute Gasteiger partial charge is 0.340 e. The van der Waals surface area contributed by atoms with Crippen LogP contribution < -0.4 is 9.62 Å². The van der Waals surface area contributed by atoms with Gasteiger partial charge in [0.15, 0.2) is 0 Å². The Labute approximate surface area is 184 Å². The van der Waals surface area contributed by atoms with Crippen LogP contribution in [0.5, 0.6) is 0 Å². The number of carbonyl (C=O) groups is 1. The van der Waals surface area contributed by atoms with E-state index in [1.54, 1.807) is 48.5 Å². The summed E-state index contributed by atoms with van der Waals surface area (Å²) < 4.78 is 27.3. The molecule has 0 atom stereocenters. The highest BCUT2D eigenvalue weighted by atomic mass is 32.2. The molecule has 1 N–H and O–H groups in total. The molecule has 0 fully saturated rings. The van der Waals surface area contributed by atoms with Gasteiger partial charge in [-0.05, 0) is 46.9 Å². The molecule has 5 nitrogen and oxygen atoms in total. The second-order valence-corrected chi connectivity index (χ2v) is 9.70. The molecule has 0 heterocycles. The Balaban J connectivity index is 1.80. The minimum atomic E-state index is -4.00. The van der Waals surface area contributed by atoms with Crippen LogP contribution in [-0.4, -0.2) is 14.4 Å². The molecule has 0 radical (unpaired) electrons. The minimum absolute atomic E-state index is 0.0145. The molecular formula is C25H26N2O3S. The lowest BCUT2D eigenvalue weighted by Crippen LogP contribution is -2.39. The topological polar surface area (TPSA) is 66.5 Å². The first-order valence-corrected chi connectivity index (χ1v) is 11.5. The fraction of sp³-hybridized carbons (Fsp3) is 0.160. The van der Waals surface area contributed by atoms with Crippen molar-refractivity contribution in [2.45, 2.75) is 26.2 Å². The van der Waals surface area contributed by atoms with Gasteiger partial charge in [0.2, 0.25) is 0 Å². The fourth-order valence-electron chi connectivity index (χ4n) is 3.00. The summed E-state index contributed by atoms with van der Waals surface area (Å²) in [4.78, 5) is 14.3. The van der Waals surface area contributed by atoms with E-state index in [1.807, 2.05) is 36.4 Å². The number of benzene rings is 3. The third-order valence-corrected chi connectivity index (χ3v) is 5.63. The molecule has 3 rings (SSSR count). The molecule has 0 saturated carbocycles. The van der Waals surface area contributed by atoms with Gasteiger partial charge in [-0.3, -0.25) is 4.90 Å². The quantitative estimate of drug-likeness (QED) is 0.549. The summed E-state index contributed by atoms with van der Waals surface area (Å²) in [6, 6.07) is 24.7. The van der Waals surface area contributed by atoms with Gasteiger partial charge in [-0.1, -0.05) is 81.4 Å². The average Bonchev–Trinajstić information content (AvgIpc) is 2.73. The highest BCUT2D eigenvalue weighted by Crippen LogP contribution is 2.25. The molecule has 3 aromatic rings. The van der Waals surface area contributed by atoms with E-state index >= 15 is 0 Å². The van der Waals surface area contributed by atoms with Crippen LogP contribution in [-0.2, 0) is 15.4 Å². The molecule has 0 bridgehead atoms. The number of carbonyl (C=O) groups excluding carboxylic acids is 1. The van der Waals surface area contributed by atoms with Gasteiger partial charge in [0.25, 0.3) is 10.0 Å². The van der Waals surface area contributed by atoms with Crippen LogP contribution >= 0.6 is 0 Å². The van der Waals surface area contributed by atoms with Crippen molar-refractivity contribution in [1.82, 2.24) is 4.72 Å². The van der Waals surface area contributed by atoms with Crippen molar-refractivity contribution in [3.8, 4) is 0 Å². The van der Waals surface area contributed by atoms with Crippen LogP contribution in [0.1, 0.15) is 31.9 Å². The summed E-state index contributed by atoms with van der Waals surface area (Å²) in [5.41, 5.74) is 3.02. The average molecular weight is 435 g/mol. The second-order valence-electron chi connectivity index (χ2n) is 8.13. The van der Waals surface area contributed by atoms with Gasteiger partial charge in [0.05, 0.1) is 16.8 Å². The van der Waals surface area contributed by atoms with Crippen molar-refractivity contribution in [2.75, 3.05) is 4.90 Å². The van der Waals surface area contributed by atoms with E-state index in [9.17, 15) is 13.2 Å². The minimum Gasteiger partial charge on any atom is -0.262 e. The lowest BCUT2D eigenvalue weighted by atomic mass is 9.87. The van der Waals surface area contributed by atoms with Crippen LogP contribution in [0.2, 0.25) is 0 Å². The number of urea groups is 1. The van der Waals surface area contributed by atoms with Crippen molar-refractivity contribution in [3.63, 3.8) is 0 Å². The second kappa shape index (κ2) is 9.18. The first-order valence-electron chi connectivity index (χ1n) is 9.91. The summed E-state index contributed by atoms with van der Waals surface area (Å²) in [6.45, 7) is 6.34. The standard InChI is InChI=1S/C25H26N2O3S/c1-25(2,3)21-16-14-20(15-17-21)18-19-31(29,30)26-24(28)27(22-10-6-4-7-11-22)23-12-8-5-9-13-23/h4-19H,1-3H3,(H,26,28). The smallest absolute Gasteiger partial charge is 0.262 e. The van der Waals surface area contributed by atoms with Gasteiger partial charge in [0, 0.05) is 0 Å². The molecule has 2 amide bonds. The molecule has 160 valence electrons. The maximum atomic E-state index is 12.9. The number of nitrogens with zero attached hydrogens (tertiary/aromatic N) is 1. The fourth-order valence-corrected chi connectivity index (χ4v) is 3.74. The normalized spacial score (nSPS) is 12.0. The zero-order valence-corrected chi connectivity index (χ0v) is 18.6. The van der Waals surface area contributed by atoms with Crippen molar-refractivity contribution in [3.05, 3.63) is 101 Å². The van der Waals surface area contributed by atoms with Crippen molar-refractivity contribution < 1.29 is 13.2 Å². The van der Waals surface area contributed by atoms with E-state index in [0.29, 0.717) is 11.4 Å². The van der Waals surface area contributed by atoms with Crippen LogP contribution in [0.15, 0.2) is 90.3 Å². The molecule has 0 aliphatic carbocycles. The zero-order chi connectivity index (χ0) is 22.5. The molecule has 31 heavy (non-hydrogen) atoms. The third-order valence-electron chi connectivity index (χ3n) is 4.68. The van der Waals surface area contributed by atoms with Crippen LogP contribution in [0.3, 0.4) is 0 Å². The van der Waals surface area contributed by atoms with E-state index in [0.717, 1.165) is 16.5 Å². The van der Waals surface area contributed by atoms with Crippen LogP contribution in [0.4, 0.5) is 16.2 Å². The highest BCUT2D eigenvalue weighted by molar-refractivity contribution is 7.93. The lowest BCUT2D eigenvalue weighted by Gasteiger charge is -2.22. The highest BCUT2D eigenvalue weighted by Gasteiger charge is 2.21. The number of amides is 2.